The molecule has 0 amide bonds. The minimum absolute atomic E-state index is 0.706. The molecule has 0 aliphatic carbocycles. The van der Waals surface area contributed by atoms with E-state index in [9.17, 15) is 0 Å². The molecule has 2 aromatic carbocycles. The van der Waals surface area contributed by atoms with Gasteiger partial charge in [0, 0.05) is 17.5 Å². The molecule has 0 aliphatic rings. The quantitative estimate of drug-likeness (QED) is 0.400. The molecule has 0 bridgehead atoms. The van der Waals surface area contributed by atoms with Gasteiger partial charge in [-0.15, -0.1) is 12.3 Å². The van der Waals surface area contributed by atoms with Crippen molar-refractivity contribution < 1.29 is 4.74 Å². The molecule has 0 saturated heterocycles. The van der Waals surface area contributed by atoms with Crippen LogP contribution in [0.2, 0.25) is 0 Å². The molecule has 0 fully saturated rings. The summed E-state index contributed by atoms with van der Waals surface area (Å²) in [5.41, 5.74) is 3.45. The molecule has 1 nitrogen and oxygen atoms in total. The lowest BCUT2D eigenvalue weighted by Crippen LogP contribution is -1.96. The van der Waals surface area contributed by atoms with Gasteiger partial charge in [0.2, 0.25) is 0 Å². The van der Waals surface area contributed by atoms with Crippen molar-refractivity contribution in [3.63, 3.8) is 0 Å². The van der Waals surface area contributed by atoms with Gasteiger partial charge in [0.05, 0.1) is 6.61 Å². The molecular formula is C25H28O. The zero-order chi connectivity index (χ0) is 18.5. The monoisotopic (exact) mass is 344 g/mol. The molecule has 2 rings (SSSR count). The van der Waals surface area contributed by atoms with E-state index < -0.39 is 0 Å². The molecule has 26 heavy (non-hydrogen) atoms. The largest absolute Gasteiger partial charge is 0.494 e. The average molecular weight is 344 g/mol. The summed E-state index contributed by atoms with van der Waals surface area (Å²) < 4.78 is 5.71. The van der Waals surface area contributed by atoms with Gasteiger partial charge < -0.3 is 4.74 Å². The number of hydrogen-bond donors (Lipinski definition) is 0. The third kappa shape index (κ3) is 7.50. The summed E-state index contributed by atoms with van der Waals surface area (Å²) in [6.07, 6.45) is 13.0. The van der Waals surface area contributed by atoms with Crippen LogP contribution in [0, 0.1) is 24.2 Å². The topological polar surface area (TPSA) is 9.23 Å². The standard InChI is InChI=1S/C25H28O/c1-3-5-7-9-21-26-25-19-17-24(18-20-25)16-15-23-13-11-22(12-14-23)10-8-6-4-2/h1,11-14,17-20H,4-10,21H2,2H3. The van der Waals surface area contributed by atoms with Crippen LogP contribution in [0.3, 0.4) is 0 Å². The second-order valence-electron chi connectivity index (χ2n) is 6.44. The Morgan fingerprint density at radius 2 is 1.46 bits per heavy atom. The van der Waals surface area contributed by atoms with Gasteiger partial charge in [-0.1, -0.05) is 43.7 Å². The minimum Gasteiger partial charge on any atom is -0.494 e. The van der Waals surface area contributed by atoms with Crippen molar-refractivity contribution in [1.29, 1.82) is 0 Å². The molecule has 0 saturated carbocycles. The number of aryl methyl sites for hydroxylation is 1. The van der Waals surface area contributed by atoms with Gasteiger partial charge in [0.1, 0.15) is 5.75 Å². The molecule has 0 unspecified atom stereocenters. The normalized spacial score (nSPS) is 9.85. The first-order valence-corrected chi connectivity index (χ1v) is 9.59. The predicted octanol–water partition coefficient (Wildman–Crippen LogP) is 6.00. The highest BCUT2D eigenvalue weighted by molar-refractivity contribution is 5.44. The van der Waals surface area contributed by atoms with E-state index in [0.717, 1.165) is 42.6 Å². The molecule has 0 aliphatic heterocycles. The summed E-state index contributed by atoms with van der Waals surface area (Å²) in [6.45, 7) is 2.94. The van der Waals surface area contributed by atoms with E-state index in [0.29, 0.717) is 6.61 Å². The molecule has 134 valence electrons. The highest BCUT2D eigenvalue weighted by Crippen LogP contribution is 2.13. The molecule has 0 radical (unpaired) electrons. The van der Waals surface area contributed by atoms with Gasteiger partial charge >= 0.3 is 0 Å². The number of rotatable bonds is 9. The first-order valence-electron chi connectivity index (χ1n) is 9.59. The van der Waals surface area contributed by atoms with E-state index in [-0.39, 0.29) is 0 Å². The average Bonchev–Trinajstić information content (AvgIpc) is 2.68. The number of hydrogen-bond acceptors (Lipinski definition) is 1. The maximum Gasteiger partial charge on any atom is 0.119 e. The molecule has 2 aromatic rings. The van der Waals surface area contributed by atoms with Crippen LogP contribution in [-0.4, -0.2) is 6.61 Å². The molecule has 1 heteroatoms. The maximum absolute atomic E-state index is 5.71. The van der Waals surface area contributed by atoms with E-state index >= 15 is 0 Å². The highest BCUT2D eigenvalue weighted by Gasteiger charge is 1.95. The van der Waals surface area contributed by atoms with Gasteiger partial charge in [-0.05, 0) is 67.6 Å². The van der Waals surface area contributed by atoms with Gasteiger partial charge in [0.15, 0.2) is 0 Å². The summed E-state index contributed by atoms with van der Waals surface area (Å²) >= 11 is 0. The summed E-state index contributed by atoms with van der Waals surface area (Å²) in [5.74, 6) is 9.97. The van der Waals surface area contributed by atoms with Crippen molar-refractivity contribution in [2.24, 2.45) is 0 Å². The fraction of sp³-hybridized carbons (Fsp3) is 0.360. The second kappa shape index (κ2) is 11.8. The van der Waals surface area contributed by atoms with Crippen molar-refractivity contribution in [3.05, 3.63) is 65.2 Å². The second-order valence-corrected chi connectivity index (χ2v) is 6.44. The van der Waals surface area contributed by atoms with Gasteiger partial charge in [0.25, 0.3) is 0 Å². The van der Waals surface area contributed by atoms with E-state index in [1.54, 1.807) is 0 Å². The predicted molar refractivity (Wildman–Crippen MR) is 110 cm³/mol. The third-order valence-electron chi connectivity index (χ3n) is 4.21. The first kappa shape index (κ1) is 19.7. The Morgan fingerprint density at radius 3 is 2.08 bits per heavy atom. The van der Waals surface area contributed by atoms with Crippen LogP contribution in [0.4, 0.5) is 0 Å². The lowest BCUT2D eigenvalue weighted by atomic mass is 10.1. The Balaban J connectivity index is 1.82. The van der Waals surface area contributed by atoms with Crippen LogP contribution < -0.4 is 4.74 Å². The highest BCUT2D eigenvalue weighted by atomic mass is 16.5. The van der Waals surface area contributed by atoms with Crippen LogP contribution in [0.15, 0.2) is 48.5 Å². The van der Waals surface area contributed by atoms with E-state index in [1.807, 2.05) is 24.3 Å². The SMILES string of the molecule is C#CCCCCOc1ccc(C#Cc2ccc(CCCCC)cc2)cc1. The fourth-order valence-electron chi connectivity index (χ4n) is 2.63. The molecule has 0 aromatic heterocycles. The van der Waals surface area contributed by atoms with Crippen molar-refractivity contribution in [2.45, 2.75) is 51.9 Å². The Morgan fingerprint density at radius 1 is 0.808 bits per heavy atom. The van der Waals surface area contributed by atoms with Crippen molar-refractivity contribution in [1.82, 2.24) is 0 Å². The number of benzene rings is 2. The number of unbranched alkanes of at least 4 members (excludes halogenated alkanes) is 4. The van der Waals surface area contributed by atoms with Gasteiger partial charge in [-0.25, -0.2) is 0 Å². The Labute approximate surface area is 158 Å². The maximum atomic E-state index is 5.71. The van der Waals surface area contributed by atoms with Crippen LogP contribution in [0.5, 0.6) is 5.75 Å². The molecule has 0 heterocycles. The Kier molecular flexibility index (Phi) is 8.96. The zero-order valence-electron chi connectivity index (χ0n) is 15.8. The smallest absolute Gasteiger partial charge is 0.119 e. The lowest BCUT2D eigenvalue weighted by molar-refractivity contribution is 0.307. The summed E-state index contributed by atoms with van der Waals surface area (Å²) in [5, 5.41) is 0. The summed E-state index contributed by atoms with van der Waals surface area (Å²) in [7, 11) is 0. The van der Waals surface area contributed by atoms with E-state index in [4.69, 9.17) is 11.2 Å². The van der Waals surface area contributed by atoms with Gasteiger partial charge in [-0.3, -0.25) is 0 Å². The van der Waals surface area contributed by atoms with Crippen LogP contribution in [0.1, 0.15) is 62.1 Å². The molecule has 0 spiro atoms. The summed E-state index contributed by atoms with van der Waals surface area (Å²) in [6, 6.07) is 16.6. The Hall–Kier alpha value is -2.64. The van der Waals surface area contributed by atoms with Crippen molar-refractivity contribution in [2.75, 3.05) is 6.61 Å². The fourth-order valence-corrected chi connectivity index (χ4v) is 2.63. The van der Waals surface area contributed by atoms with Gasteiger partial charge in [-0.2, -0.15) is 0 Å². The lowest BCUT2D eigenvalue weighted by Gasteiger charge is -2.05. The minimum atomic E-state index is 0.706. The van der Waals surface area contributed by atoms with Crippen molar-refractivity contribution in [3.8, 4) is 29.9 Å². The number of terminal acetylenes is 1. The Bertz CT molecular complexity index is 736. The van der Waals surface area contributed by atoms with E-state index in [1.165, 1.54) is 24.8 Å². The van der Waals surface area contributed by atoms with Crippen LogP contribution in [-0.2, 0) is 6.42 Å². The van der Waals surface area contributed by atoms with E-state index in [2.05, 4.69) is 49.0 Å². The molecular weight excluding hydrogens is 316 g/mol. The summed E-state index contributed by atoms with van der Waals surface area (Å²) in [4.78, 5) is 0. The molecule has 0 N–H and O–H groups in total. The third-order valence-corrected chi connectivity index (χ3v) is 4.21. The molecule has 0 atom stereocenters. The number of ether oxygens (including phenoxy) is 1. The van der Waals surface area contributed by atoms with Crippen molar-refractivity contribution >= 4 is 0 Å². The van der Waals surface area contributed by atoms with Crippen LogP contribution in [0.25, 0.3) is 0 Å². The van der Waals surface area contributed by atoms with Crippen LogP contribution >= 0.6 is 0 Å². The first-order chi connectivity index (χ1) is 12.8. The zero-order valence-corrected chi connectivity index (χ0v) is 15.8.